The number of rotatable bonds is 9. The number of carboxylic acids is 2. The SMILES string of the molecule is CC1=CCC(C(=O)O)C(C(=O)OCCCCOC(=O)C2CC=CC(C)C2C(=O)O)C1. The highest BCUT2D eigenvalue weighted by Gasteiger charge is 2.39. The molecule has 0 aromatic rings. The summed E-state index contributed by atoms with van der Waals surface area (Å²) in [5, 5.41) is 18.7. The lowest BCUT2D eigenvalue weighted by Gasteiger charge is -2.28. The van der Waals surface area contributed by atoms with E-state index < -0.39 is 47.5 Å². The second-order valence-electron chi connectivity index (χ2n) is 8.08. The van der Waals surface area contributed by atoms with Gasteiger partial charge in [-0.05, 0) is 44.9 Å². The smallest absolute Gasteiger partial charge is 0.310 e. The van der Waals surface area contributed by atoms with Crippen LogP contribution in [0.3, 0.4) is 0 Å². The van der Waals surface area contributed by atoms with Gasteiger partial charge in [0.25, 0.3) is 0 Å². The fraction of sp³-hybridized carbons (Fsp3) is 0.636. The van der Waals surface area contributed by atoms with E-state index in [2.05, 4.69) is 0 Å². The molecule has 30 heavy (non-hydrogen) atoms. The highest BCUT2D eigenvalue weighted by atomic mass is 16.5. The largest absolute Gasteiger partial charge is 0.481 e. The average Bonchev–Trinajstić information content (AvgIpc) is 2.69. The van der Waals surface area contributed by atoms with Gasteiger partial charge in [0.05, 0.1) is 36.9 Å². The predicted molar refractivity (Wildman–Crippen MR) is 106 cm³/mol. The van der Waals surface area contributed by atoms with Crippen LogP contribution < -0.4 is 0 Å². The van der Waals surface area contributed by atoms with Crippen LogP contribution in [-0.2, 0) is 28.7 Å². The molecule has 2 rings (SSSR count). The van der Waals surface area contributed by atoms with E-state index in [9.17, 15) is 29.4 Å². The highest BCUT2D eigenvalue weighted by Crippen LogP contribution is 2.32. The molecule has 0 bridgehead atoms. The summed E-state index contributed by atoms with van der Waals surface area (Å²) in [6.45, 7) is 3.86. The molecule has 0 saturated carbocycles. The summed E-state index contributed by atoms with van der Waals surface area (Å²) in [4.78, 5) is 47.3. The molecule has 2 N–H and O–H groups in total. The van der Waals surface area contributed by atoms with Crippen molar-refractivity contribution in [1.29, 1.82) is 0 Å². The Morgan fingerprint density at radius 2 is 1.53 bits per heavy atom. The number of carboxylic acid groups (broad SMARTS) is 2. The summed E-state index contributed by atoms with van der Waals surface area (Å²) >= 11 is 0. The Bertz CT molecular complexity index is 705. The minimum atomic E-state index is -1.01. The number of hydrogen-bond donors (Lipinski definition) is 2. The second kappa shape index (κ2) is 10.9. The number of unbranched alkanes of at least 4 members (excludes halogenated alkanes) is 1. The van der Waals surface area contributed by atoms with Crippen LogP contribution in [0.5, 0.6) is 0 Å². The zero-order valence-electron chi connectivity index (χ0n) is 17.4. The van der Waals surface area contributed by atoms with E-state index in [-0.39, 0.29) is 19.1 Å². The number of esters is 2. The summed E-state index contributed by atoms with van der Waals surface area (Å²) in [6.07, 6.45) is 7.42. The van der Waals surface area contributed by atoms with Gasteiger partial charge < -0.3 is 19.7 Å². The first kappa shape index (κ1) is 23.6. The van der Waals surface area contributed by atoms with Gasteiger partial charge in [-0.3, -0.25) is 19.2 Å². The number of allylic oxidation sites excluding steroid dienone is 4. The summed E-state index contributed by atoms with van der Waals surface area (Å²) < 4.78 is 10.5. The van der Waals surface area contributed by atoms with Gasteiger partial charge in [-0.15, -0.1) is 0 Å². The molecule has 0 amide bonds. The van der Waals surface area contributed by atoms with E-state index in [1.807, 2.05) is 19.1 Å². The molecule has 5 atom stereocenters. The monoisotopic (exact) mass is 422 g/mol. The van der Waals surface area contributed by atoms with Crippen molar-refractivity contribution in [2.75, 3.05) is 13.2 Å². The van der Waals surface area contributed by atoms with E-state index in [0.29, 0.717) is 32.1 Å². The molecule has 0 radical (unpaired) electrons. The molecule has 2 aliphatic rings. The number of carbonyl (C=O) groups is 4. The van der Waals surface area contributed by atoms with Gasteiger partial charge in [0.15, 0.2) is 0 Å². The maximum Gasteiger partial charge on any atom is 0.310 e. The molecule has 166 valence electrons. The van der Waals surface area contributed by atoms with Crippen molar-refractivity contribution in [1.82, 2.24) is 0 Å². The Morgan fingerprint density at radius 3 is 2.10 bits per heavy atom. The summed E-state index contributed by atoms with van der Waals surface area (Å²) in [5.41, 5.74) is 0.980. The van der Waals surface area contributed by atoms with Crippen LogP contribution in [0.25, 0.3) is 0 Å². The number of hydrogen-bond acceptors (Lipinski definition) is 6. The lowest BCUT2D eigenvalue weighted by atomic mass is 9.76. The predicted octanol–water partition coefficient (Wildman–Crippen LogP) is 2.82. The van der Waals surface area contributed by atoms with E-state index in [1.165, 1.54) is 0 Å². The minimum absolute atomic E-state index is 0.111. The van der Waals surface area contributed by atoms with Gasteiger partial charge in [0.1, 0.15) is 0 Å². The van der Waals surface area contributed by atoms with Gasteiger partial charge in [0, 0.05) is 0 Å². The third-order valence-electron chi connectivity index (χ3n) is 5.81. The third kappa shape index (κ3) is 6.18. The minimum Gasteiger partial charge on any atom is -0.481 e. The van der Waals surface area contributed by atoms with E-state index in [0.717, 1.165) is 5.57 Å². The summed E-state index contributed by atoms with van der Waals surface area (Å²) in [5.74, 6) is -6.22. The van der Waals surface area contributed by atoms with Crippen molar-refractivity contribution in [3.63, 3.8) is 0 Å². The second-order valence-corrected chi connectivity index (χ2v) is 8.08. The van der Waals surface area contributed by atoms with Crippen LogP contribution in [0.1, 0.15) is 46.0 Å². The molecule has 0 heterocycles. The molecule has 0 aliphatic heterocycles. The molecule has 5 unspecified atom stereocenters. The Hall–Kier alpha value is -2.64. The van der Waals surface area contributed by atoms with Crippen LogP contribution in [0.15, 0.2) is 23.8 Å². The zero-order chi connectivity index (χ0) is 22.3. The molecule has 2 aliphatic carbocycles. The summed E-state index contributed by atoms with van der Waals surface area (Å²) in [6, 6.07) is 0. The zero-order valence-corrected chi connectivity index (χ0v) is 17.4. The first-order valence-electron chi connectivity index (χ1n) is 10.3. The van der Waals surface area contributed by atoms with Crippen LogP contribution in [0, 0.1) is 29.6 Å². The molecule has 0 saturated heterocycles. The molecule has 0 fully saturated rings. The molecule has 0 spiro atoms. The number of carbonyl (C=O) groups excluding carboxylic acids is 2. The average molecular weight is 422 g/mol. The molecular formula is C22H30O8. The van der Waals surface area contributed by atoms with Crippen LogP contribution in [-0.4, -0.2) is 47.3 Å². The van der Waals surface area contributed by atoms with E-state index in [1.54, 1.807) is 13.0 Å². The lowest BCUT2D eigenvalue weighted by molar-refractivity contribution is -0.160. The molecule has 0 aromatic carbocycles. The lowest BCUT2D eigenvalue weighted by Crippen LogP contribution is -2.36. The molecule has 0 aromatic heterocycles. The summed E-state index contributed by atoms with van der Waals surface area (Å²) in [7, 11) is 0. The first-order chi connectivity index (χ1) is 14.2. The quantitative estimate of drug-likeness (QED) is 0.330. The Morgan fingerprint density at radius 1 is 0.933 bits per heavy atom. The van der Waals surface area contributed by atoms with Crippen molar-refractivity contribution in [3.05, 3.63) is 23.8 Å². The maximum absolute atomic E-state index is 12.3. The van der Waals surface area contributed by atoms with Crippen LogP contribution >= 0.6 is 0 Å². The van der Waals surface area contributed by atoms with Crippen molar-refractivity contribution in [2.24, 2.45) is 29.6 Å². The van der Waals surface area contributed by atoms with Gasteiger partial charge in [-0.25, -0.2) is 0 Å². The van der Waals surface area contributed by atoms with Crippen LogP contribution in [0.4, 0.5) is 0 Å². The molecule has 8 nitrogen and oxygen atoms in total. The van der Waals surface area contributed by atoms with Gasteiger partial charge >= 0.3 is 23.9 Å². The van der Waals surface area contributed by atoms with Gasteiger partial charge in [-0.2, -0.15) is 0 Å². The van der Waals surface area contributed by atoms with Crippen molar-refractivity contribution >= 4 is 23.9 Å². The Labute approximate surface area is 175 Å². The highest BCUT2D eigenvalue weighted by molar-refractivity contribution is 5.82. The standard InChI is InChI=1S/C22H30O8/c1-13-8-9-15(19(23)24)17(12-13)22(28)30-11-4-3-10-29-21(27)16-7-5-6-14(2)18(16)20(25)26/h5-6,8,14-18H,3-4,7,9-12H2,1-2H3,(H,23,24)(H,25,26). The Balaban J connectivity index is 1.70. The fourth-order valence-corrected chi connectivity index (χ4v) is 4.06. The van der Waals surface area contributed by atoms with E-state index in [4.69, 9.17) is 9.47 Å². The molecule has 8 heteroatoms. The fourth-order valence-electron chi connectivity index (χ4n) is 4.06. The van der Waals surface area contributed by atoms with Crippen molar-refractivity contribution in [3.8, 4) is 0 Å². The van der Waals surface area contributed by atoms with Gasteiger partial charge in [-0.1, -0.05) is 30.7 Å². The van der Waals surface area contributed by atoms with Crippen LogP contribution in [0.2, 0.25) is 0 Å². The van der Waals surface area contributed by atoms with Crippen molar-refractivity contribution in [2.45, 2.75) is 46.0 Å². The third-order valence-corrected chi connectivity index (χ3v) is 5.81. The van der Waals surface area contributed by atoms with Gasteiger partial charge in [0.2, 0.25) is 0 Å². The van der Waals surface area contributed by atoms with Crippen molar-refractivity contribution < 1.29 is 38.9 Å². The number of aliphatic carboxylic acids is 2. The maximum atomic E-state index is 12.3. The van der Waals surface area contributed by atoms with E-state index >= 15 is 0 Å². The first-order valence-corrected chi connectivity index (χ1v) is 10.3. The number of ether oxygens (including phenoxy) is 2. The Kier molecular flexibility index (Phi) is 8.62. The normalized spacial score (nSPS) is 28.3. The molecular weight excluding hydrogens is 392 g/mol. The topological polar surface area (TPSA) is 127 Å².